The van der Waals surface area contributed by atoms with E-state index < -0.39 is 5.97 Å². The van der Waals surface area contributed by atoms with Crippen LogP contribution in [-0.4, -0.2) is 35.1 Å². The van der Waals surface area contributed by atoms with Gasteiger partial charge in [-0.1, -0.05) is 50.6 Å². The first kappa shape index (κ1) is 18.3. The van der Waals surface area contributed by atoms with Gasteiger partial charge in [0.15, 0.2) is 0 Å². The number of carboxylic acid groups (broad SMARTS) is 1. The zero-order valence-electron chi connectivity index (χ0n) is 15.0. The molecule has 132 valence electrons. The highest BCUT2D eigenvalue weighted by molar-refractivity contribution is 5.76. The quantitative estimate of drug-likeness (QED) is 0.889. The van der Waals surface area contributed by atoms with Crippen molar-refractivity contribution in [3.05, 3.63) is 35.4 Å². The van der Waals surface area contributed by atoms with Crippen LogP contribution in [0, 0.1) is 18.3 Å². The molecule has 5 nitrogen and oxygen atoms in total. The van der Waals surface area contributed by atoms with Gasteiger partial charge in [-0.25, -0.2) is 4.79 Å². The molecule has 1 unspecified atom stereocenters. The van der Waals surface area contributed by atoms with Crippen molar-refractivity contribution in [3.8, 4) is 0 Å². The number of nitrogens with one attached hydrogen (secondary N) is 1. The molecule has 1 heterocycles. The van der Waals surface area contributed by atoms with Gasteiger partial charge in [0.25, 0.3) is 0 Å². The number of likely N-dealkylation sites (tertiary alicyclic amines) is 1. The Balaban J connectivity index is 2.08. The fourth-order valence-corrected chi connectivity index (χ4v) is 3.19. The fraction of sp³-hybridized carbons (Fsp3) is 0.579. The molecule has 0 aliphatic carbocycles. The van der Waals surface area contributed by atoms with Crippen LogP contribution < -0.4 is 5.32 Å². The van der Waals surface area contributed by atoms with E-state index in [4.69, 9.17) is 5.11 Å². The van der Waals surface area contributed by atoms with E-state index in [9.17, 15) is 9.59 Å². The van der Waals surface area contributed by atoms with Gasteiger partial charge in [0.2, 0.25) is 0 Å². The molecule has 1 aliphatic rings. The van der Waals surface area contributed by atoms with Crippen molar-refractivity contribution in [2.75, 3.05) is 13.1 Å². The molecule has 0 spiro atoms. The van der Waals surface area contributed by atoms with Gasteiger partial charge >= 0.3 is 12.0 Å². The standard InChI is InChI=1S/C19H28N2O3/c1-13-6-5-7-15(12-13)16(19(2,3)4)20-18(24)21-10-8-14(9-11-21)17(22)23/h5-7,12,14,16H,8-11H2,1-4H3,(H,20,24)(H,22,23). The van der Waals surface area contributed by atoms with Crippen molar-refractivity contribution in [2.45, 2.75) is 46.6 Å². The molecule has 2 amide bonds. The average molecular weight is 332 g/mol. The molecule has 0 aromatic heterocycles. The number of amides is 2. The Morgan fingerprint density at radius 1 is 1.25 bits per heavy atom. The van der Waals surface area contributed by atoms with Crippen LogP contribution in [0.25, 0.3) is 0 Å². The largest absolute Gasteiger partial charge is 0.481 e. The van der Waals surface area contributed by atoms with Crippen molar-refractivity contribution >= 4 is 12.0 Å². The molecule has 1 aromatic rings. The van der Waals surface area contributed by atoms with Crippen molar-refractivity contribution in [1.82, 2.24) is 10.2 Å². The van der Waals surface area contributed by atoms with Crippen LogP contribution in [0.1, 0.15) is 50.8 Å². The van der Waals surface area contributed by atoms with Crippen LogP contribution in [0.5, 0.6) is 0 Å². The summed E-state index contributed by atoms with van der Waals surface area (Å²) in [6.07, 6.45) is 1.04. The van der Waals surface area contributed by atoms with Crippen LogP contribution >= 0.6 is 0 Å². The van der Waals surface area contributed by atoms with E-state index in [2.05, 4.69) is 32.2 Å². The van der Waals surface area contributed by atoms with E-state index in [0.717, 1.165) is 5.56 Å². The Labute approximate surface area is 144 Å². The lowest BCUT2D eigenvalue weighted by Gasteiger charge is -2.36. The third kappa shape index (κ3) is 4.49. The van der Waals surface area contributed by atoms with E-state index in [1.807, 2.05) is 25.1 Å². The summed E-state index contributed by atoms with van der Waals surface area (Å²) < 4.78 is 0. The van der Waals surface area contributed by atoms with Gasteiger partial charge in [-0.3, -0.25) is 4.79 Å². The van der Waals surface area contributed by atoms with Gasteiger partial charge in [-0.2, -0.15) is 0 Å². The fourth-order valence-electron chi connectivity index (χ4n) is 3.19. The van der Waals surface area contributed by atoms with Crippen molar-refractivity contribution in [1.29, 1.82) is 0 Å². The summed E-state index contributed by atoms with van der Waals surface area (Å²) in [5.41, 5.74) is 2.14. The number of aryl methyl sites for hydroxylation is 1. The maximum Gasteiger partial charge on any atom is 0.317 e. The van der Waals surface area contributed by atoms with Crippen LogP contribution in [0.3, 0.4) is 0 Å². The van der Waals surface area contributed by atoms with E-state index in [0.29, 0.717) is 25.9 Å². The van der Waals surface area contributed by atoms with Gasteiger partial charge in [-0.05, 0) is 30.7 Å². The third-order valence-electron chi connectivity index (χ3n) is 4.64. The smallest absolute Gasteiger partial charge is 0.317 e. The zero-order chi connectivity index (χ0) is 17.9. The summed E-state index contributed by atoms with van der Waals surface area (Å²) in [7, 11) is 0. The molecule has 5 heteroatoms. The summed E-state index contributed by atoms with van der Waals surface area (Å²) >= 11 is 0. The van der Waals surface area contributed by atoms with E-state index >= 15 is 0 Å². The number of hydrogen-bond acceptors (Lipinski definition) is 2. The second-order valence-electron chi connectivity index (χ2n) is 7.76. The van der Waals surface area contributed by atoms with E-state index in [1.54, 1.807) is 4.90 Å². The summed E-state index contributed by atoms with van der Waals surface area (Å²) in [5.74, 6) is -1.09. The summed E-state index contributed by atoms with van der Waals surface area (Å²) in [5, 5.41) is 12.2. The monoisotopic (exact) mass is 332 g/mol. The van der Waals surface area contributed by atoms with Crippen molar-refractivity contribution in [3.63, 3.8) is 0 Å². The summed E-state index contributed by atoms with van der Waals surface area (Å²) in [6.45, 7) is 9.35. The number of rotatable bonds is 3. The Hall–Kier alpha value is -2.04. The molecule has 0 saturated carbocycles. The first-order chi connectivity index (χ1) is 11.2. The zero-order valence-corrected chi connectivity index (χ0v) is 15.0. The average Bonchev–Trinajstić information content (AvgIpc) is 2.51. The second kappa shape index (κ2) is 7.24. The normalized spacial score (nSPS) is 17.4. The Morgan fingerprint density at radius 3 is 2.38 bits per heavy atom. The molecule has 2 N–H and O–H groups in total. The first-order valence-corrected chi connectivity index (χ1v) is 8.53. The first-order valence-electron chi connectivity index (χ1n) is 8.53. The number of aliphatic carboxylic acids is 1. The highest BCUT2D eigenvalue weighted by Crippen LogP contribution is 2.33. The topological polar surface area (TPSA) is 69.6 Å². The highest BCUT2D eigenvalue weighted by atomic mass is 16.4. The lowest BCUT2D eigenvalue weighted by atomic mass is 9.82. The second-order valence-corrected chi connectivity index (χ2v) is 7.76. The molecule has 0 radical (unpaired) electrons. The van der Waals surface area contributed by atoms with Crippen LogP contribution in [0.15, 0.2) is 24.3 Å². The minimum absolute atomic E-state index is 0.0953. The summed E-state index contributed by atoms with van der Waals surface area (Å²) in [6, 6.07) is 7.99. The number of hydrogen-bond donors (Lipinski definition) is 2. The van der Waals surface area contributed by atoms with Gasteiger partial charge in [0, 0.05) is 13.1 Å². The molecule has 1 aromatic carbocycles. The molecule has 24 heavy (non-hydrogen) atoms. The number of nitrogens with zero attached hydrogens (tertiary/aromatic N) is 1. The van der Waals surface area contributed by atoms with Crippen molar-refractivity contribution in [2.24, 2.45) is 11.3 Å². The SMILES string of the molecule is Cc1cccc(C(NC(=O)N2CCC(C(=O)O)CC2)C(C)(C)C)c1. The maximum absolute atomic E-state index is 12.7. The Bertz CT molecular complexity index is 599. The summed E-state index contributed by atoms with van der Waals surface area (Å²) in [4.78, 5) is 25.4. The molecular formula is C19H28N2O3. The van der Waals surface area contributed by atoms with E-state index in [1.165, 1.54) is 5.56 Å². The molecular weight excluding hydrogens is 304 g/mol. The number of carboxylic acids is 1. The lowest BCUT2D eigenvalue weighted by molar-refractivity contribution is -0.143. The number of benzene rings is 1. The minimum atomic E-state index is -0.762. The number of carbonyl (C=O) groups is 2. The molecule has 1 aliphatic heterocycles. The van der Waals surface area contributed by atoms with Crippen LogP contribution in [0.2, 0.25) is 0 Å². The molecule has 1 atom stereocenters. The highest BCUT2D eigenvalue weighted by Gasteiger charge is 2.32. The molecule has 1 saturated heterocycles. The predicted octanol–water partition coefficient (Wildman–Crippen LogP) is 3.59. The number of carbonyl (C=O) groups excluding carboxylic acids is 1. The lowest BCUT2D eigenvalue weighted by Crippen LogP contribution is -2.48. The van der Waals surface area contributed by atoms with Crippen molar-refractivity contribution < 1.29 is 14.7 Å². The van der Waals surface area contributed by atoms with Gasteiger partial charge in [0.1, 0.15) is 0 Å². The molecule has 2 rings (SSSR count). The molecule has 1 fully saturated rings. The molecule has 0 bridgehead atoms. The minimum Gasteiger partial charge on any atom is -0.481 e. The van der Waals surface area contributed by atoms with Gasteiger partial charge < -0.3 is 15.3 Å². The number of urea groups is 1. The maximum atomic E-state index is 12.7. The van der Waals surface area contributed by atoms with Gasteiger partial charge in [-0.15, -0.1) is 0 Å². The van der Waals surface area contributed by atoms with Crippen LogP contribution in [0.4, 0.5) is 4.79 Å². The number of piperidine rings is 1. The van der Waals surface area contributed by atoms with Crippen LogP contribution in [-0.2, 0) is 4.79 Å². The Kier molecular flexibility index (Phi) is 5.52. The Morgan fingerprint density at radius 2 is 1.88 bits per heavy atom. The van der Waals surface area contributed by atoms with Gasteiger partial charge in [0.05, 0.1) is 12.0 Å². The third-order valence-corrected chi connectivity index (χ3v) is 4.64. The predicted molar refractivity (Wildman–Crippen MR) is 93.8 cm³/mol. The van der Waals surface area contributed by atoms with E-state index in [-0.39, 0.29) is 23.4 Å².